The van der Waals surface area contributed by atoms with E-state index in [4.69, 9.17) is 5.26 Å². The summed E-state index contributed by atoms with van der Waals surface area (Å²) < 4.78 is 0.763. The molecular formula is C7H6BrN3. The van der Waals surface area contributed by atoms with Gasteiger partial charge in [-0.25, -0.2) is 4.98 Å². The van der Waals surface area contributed by atoms with Crippen LogP contribution in [0.25, 0.3) is 0 Å². The molecule has 1 aromatic heterocycles. The fourth-order valence-corrected chi connectivity index (χ4v) is 1.13. The number of nitrogens with one attached hydrogen (secondary N) is 1. The molecule has 0 atom stereocenters. The number of hydrogen-bond donors (Lipinski definition) is 1. The lowest BCUT2D eigenvalue weighted by Crippen LogP contribution is -1.95. The molecule has 0 unspecified atom stereocenters. The van der Waals surface area contributed by atoms with E-state index in [9.17, 15) is 0 Å². The van der Waals surface area contributed by atoms with Crippen LogP contribution in [0.3, 0.4) is 0 Å². The zero-order valence-electron chi connectivity index (χ0n) is 5.93. The van der Waals surface area contributed by atoms with Gasteiger partial charge in [0.25, 0.3) is 0 Å². The first kappa shape index (κ1) is 8.02. The molecule has 0 aromatic carbocycles. The minimum atomic E-state index is 0.537. The Bertz CT molecular complexity index is 303. The molecule has 0 amide bonds. The highest BCUT2D eigenvalue weighted by atomic mass is 79.9. The number of rotatable bonds is 1. The van der Waals surface area contributed by atoms with Crippen molar-refractivity contribution >= 4 is 21.7 Å². The second-order valence-electron chi connectivity index (χ2n) is 1.88. The summed E-state index contributed by atoms with van der Waals surface area (Å²) >= 11 is 3.25. The lowest BCUT2D eigenvalue weighted by molar-refractivity contribution is 1.25. The number of anilines is 1. The predicted molar refractivity (Wildman–Crippen MR) is 46.2 cm³/mol. The topological polar surface area (TPSA) is 48.7 Å². The molecule has 0 fully saturated rings. The zero-order valence-corrected chi connectivity index (χ0v) is 7.51. The van der Waals surface area contributed by atoms with Crippen molar-refractivity contribution in [2.24, 2.45) is 0 Å². The van der Waals surface area contributed by atoms with Gasteiger partial charge in [-0.15, -0.1) is 0 Å². The van der Waals surface area contributed by atoms with Gasteiger partial charge >= 0.3 is 0 Å². The first-order valence-electron chi connectivity index (χ1n) is 3.02. The number of halogens is 1. The summed E-state index contributed by atoms with van der Waals surface area (Å²) in [7, 11) is 1.73. The van der Waals surface area contributed by atoms with Crippen molar-refractivity contribution in [1.29, 1.82) is 5.26 Å². The molecule has 11 heavy (non-hydrogen) atoms. The molecule has 1 aromatic rings. The third-order valence-corrected chi connectivity index (χ3v) is 1.91. The molecule has 0 spiro atoms. The van der Waals surface area contributed by atoms with E-state index in [1.807, 2.05) is 6.07 Å². The quantitative estimate of drug-likeness (QED) is 0.771. The Kier molecular flexibility index (Phi) is 2.44. The van der Waals surface area contributed by atoms with Crippen molar-refractivity contribution in [3.8, 4) is 6.07 Å². The summed E-state index contributed by atoms with van der Waals surface area (Å²) in [5.41, 5.74) is 0.537. The molecule has 1 heterocycles. The third-order valence-electron chi connectivity index (χ3n) is 1.25. The minimum Gasteiger partial charge on any atom is -0.372 e. The van der Waals surface area contributed by atoms with Crippen LogP contribution in [0.1, 0.15) is 5.56 Å². The van der Waals surface area contributed by atoms with Crippen LogP contribution in [0.15, 0.2) is 16.7 Å². The minimum absolute atomic E-state index is 0.537. The number of hydrogen-bond acceptors (Lipinski definition) is 3. The predicted octanol–water partition coefficient (Wildman–Crippen LogP) is 1.76. The largest absolute Gasteiger partial charge is 0.372 e. The average Bonchev–Trinajstić information content (AvgIpc) is 2.04. The summed E-state index contributed by atoms with van der Waals surface area (Å²) in [6.45, 7) is 0. The molecule has 0 saturated heterocycles. The van der Waals surface area contributed by atoms with Gasteiger partial charge in [-0.2, -0.15) is 5.26 Å². The number of aromatic nitrogens is 1. The molecule has 0 aliphatic rings. The van der Waals surface area contributed by atoms with Crippen molar-refractivity contribution in [1.82, 2.24) is 4.98 Å². The Morgan fingerprint density at radius 2 is 2.45 bits per heavy atom. The van der Waals surface area contributed by atoms with Crippen LogP contribution in [0.2, 0.25) is 0 Å². The Labute approximate surface area is 73.2 Å². The summed E-state index contributed by atoms with van der Waals surface area (Å²) in [5, 5.41) is 11.5. The third kappa shape index (κ3) is 1.49. The smallest absolute Gasteiger partial charge is 0.144 e. The van der Waals surface area contributed by atoms with Gasteiger partial charge in [0, 0.05) is 17.7 Å². The summed E-state index contributed by atoms with van der Waals surface area (Å²) in [6.07, 6.45) is 1.64. The zero-order chi connectivity index (χ0) is 8.27. The normalized spacial score (nSPS) is 8.82. The molecule has 3 nitrogen and oxygen atoms in total. The molecule has 0 aliphatic heterocycles. The molecule has 0 saturated carbocycles. The van der Waals surface area contributed by atoms with Gasteiger partial charge in [0.1, 0.15) is 17.5 Å². The molecule has 56 valence electrons. The Morgan fingerprint density at radius 1 is 1.73 bits per heavy atom. The van der Waals surface area contributed by atoms with Crippen molar-refractivity contribution < 1.29 is 0 Å². The molecule has 0 radical (unpaired) electrons. The number of nitrogens with zero attached hydrogens (tertiary/aromatic N) is 2. The highest BCUT2D eigenvalue weighted by Gasteiger charge is 2.03. The van der Waals surface area contributed by atoms with Gasteiger partial charge in [0.2, 0.25) is 0 Å². The van der Waals surface area contributed by atoms with Gasteiger partial charge in [-0.05, 0) is 22.0 Å². The van der Waals surface area contributed by atoms with Crippen molar-refractivity contribution in [2.45, 2.75) is 0 Å². The molecule has 4 heteroatoms. The molecule has 1 rings (SSSR count). The maximum absolute atomic E-state index is 8.67. The SMILES string of the molecule is CNc1nccc(Br)c1C#N. The van der Waals surface area contributed by atoms with E-state index in [2.05, 4.69) is 26.2 Å². The lowest BCUT2D eigenvalue weighted by atomic mass is 10.3. The van der Waals surface area contributed by atoms with Gasteiger partial charge in [0.05, 0.1) is 0 Å². The average molecular weight is 212 g/mol. The molecule has 0 aliphatic carbocycles. The van der Waals surface area contributed by atoms with E-state index in [-0.39, 0.29) is 0 Å². The first-order valence-corrected chi connectivity index (χ1v) is 3.81. The maximum atomic E-state index is 8.67. The van der Waals surface area contributed by atoms with Crippen molar-refractivity contribution in [3.05, 3.63) is 22.3 Å². The van der Waals surface area contributed by atoms with E-state index >= 15 is 0 Å². The Balaban J connectivity index is 3.27. The fourth-order valence-electron chi connectivity index (χ4n) is 0.734. The Morgan fingerprint density at radius 3 is 2.91 bits per heavy atom. The van der Waals surface area contributed by atoms with Gasteiger partial charge in [-0.3, -0.25) is 0 Å². The number of nitriles is 1. The van der Waals surface area contributed by atoms with E-state index in [1.165, 1.54) is 0 Å². The lowest BCUT2D eigenvalue weighted by Gasteiger charge is -2.01. The second-order valence-corrected chi connectivity index (χ2v) is 2.73. The molecular weight excluding hydrogens is 206 g/mol. The van der Waals surface area contributed by atoms with Crippen LogP contribution >= 0.6 is 15.9 Å². The van der Waals surface area contributed by atoms with Crippen LogP contribution in [0.4, 0.5) is 5.82 Å². The summed E-state index contributed by atoms with van der Waals surface area (Å²) in [6, 6.07) is 3.78. The van der Waals surface area contributed by atoms with Crippen LogP contribution in [-0.2, 0) is 0 Å². The standard InChI is InChI=1S/C7H6BrN3/c1-10-7-5(4-9)6(8)2-3-11-7/h2-3H,1H3,(H,10,11). The monoisotopic (exact) mass is 211 g/mol. The van der Waals surface area contributed by atoms with Gasteiger partial charge < -0.3 is 5.32 Å². The van der Waals surface area contributed by atoms with Gasteiger partial charge in [-0.1, -0.05) is 0 Å². The molecule has 0 bridgehead atoms. The van der Waals surface area contributed by atoms with Crippen LogP contribution in [0.5, 0.6) is 0 Å². The summed E-state index contributed by atoms with van der Waals surface area (Å²) in [4.78, 5) is 3.97. The van der Waals surface area contributed by atoms with E-state index in [0.29, 0.717) is 11.4 Å². The Hall–Kier alpha value is -1.08. The molecule has 1 N–H and O–H groups in total. The highest BCUT2D eigenvalue weighted by Crippen LogP contribution is 2.20. The van der Waals surface area contributed by atoms with E-state index in [0.717, 1.165) is 4.47 Å². The van der Waals surface area contributed by atoms with Crippen LogP contribution in [-0.4, -0.2) is 12.0 Å². The van der Waals surface area contributed by atoms with E-state index in [1.54, 1.807) is 19.3 Å². The second kappa shape index (κ2) is 3.35. The summed E-state index contributed by atoms with van der Waals surface area (Å²) in [5.74, 6) is 0.599. The highest BCUT2D eigenvalue weighted by molar-refractivity contribution is 9.10. The van der Waals surface area contributed by atoms with Crippen LogP contribution in [0, 0.1) is 11.3 Å². The maximum Gasteiger partial charge on any atom is 0.144 e. The van der Waals surface area contributed by atoms with Gasteiger partial charge in [0.15, 0.2) is 0 Å². The fraction of sp³-hybridized carbons (Fsp3) is 0.143. The van der Waals surface area contributed by atoms with Crippen LogP contribution < -0.4 is 5.32 Å². The van der Waals surface area contributed by atoms with Crippen molar-refractivity contribution in [2.75, 3.05) is 12.4 Å². The number of pyridine rings is 1. The van der Waals surface area contributed by atoms with E-state index < -0.39 is 0 Å². The van der Waals surface area contributed by atoms with Crippen molar-refractivity contribution in [3.63, 3.8) is 0 Å². The first-order chi connectivity index (χ1) is 5.29.